The zero-order valence-electron chi connectivity index (χ0n) is 7.94. The van der Waals surface area contributed by atoms with Gasteiger partial charge in [-0.25, -0.2) is 9.18 Å². The molecule has 0 heterocycles. The van der Waals surface area contributed by atoms with Crippen LogP contribution in [0, 0.1) is 0 Å². The van der Waals surface area contributed by atoms with E-state index in [-0.39, 0.29) is 6.54 Å². The second-order valence-corrected chi connectivity index (χ2v) is 3.56. The molecular weight excluding hydrogens is 173 g/mol. The number of carbonyl (C=O) groups is 1. The molecule has 0 aromatic rings. The number of ether oxygens (including phenoxy) is 1. The summed E-state index contributed by atoms with van der Waals surface area (Å²) < 4.78 is 18.2. The Balaban J connectivity index is 2.28. The highest BCUT2D eigenvalue weighted by molar-refractivity contribution is 5.66. The minimum Gasteiger partial charge on any atom is -0.453 e. The lowest BCUT2D eigenvalue weighted by Gasteiger charge is -2.29. The van der Waals surface area contributed by atoms with Gasteiger partial charge in [0.2, 0.25) is 0 Å². The summed E-state index contributed by atoms with van der Waals surface area (Å²) in [6.07, 6.45) is 3.49. The fourth-order valence-electron chi connectivity index (χ4n) is 1.66. The van der Waals surface area contributed by atoms with Crippen molar-refractivity contribution >= 4 is 6.09 Å². The van der Waals surface area contributed by atoms with Crippen LogP contribution in [0.1, 0.15) is 32.1 Å². The number of nitrogens with one attached hydrogen (secondary N) is 1. The molecule has 0 aromatic heterocycles. The minimum atomic E-state index is -1.20. The Morgan fingerprint density at radius 2 is 2.08 bits per heavy atom. The summed E-state index contributed by atoms with van der Waals surface area (Å²) >= 11 is 0. The van der Waals surface area contributed by atoms with Gasteiger partial charge in [-0.1, -0.05) is 19.3 Å². The third-order valence-corrected chi connectivity index (χ3v) is 2.48. The van der Waals surface area contributed by atoms with Gasteiger partial charge in [-0.3, -0.25) is 0 Å². The van der Waals surface area contributed by atoms with E-state index in [0.717, 1.165) is 19.3 Å². The predicted molar refractivity (Wildman–Crippen MR) is 47.3 cm³/mol. The average molecular weight is 189 g/mol. The summed E-state index contributed by atoms with van der Waals surface area (Å²) in [5.74, 6) is 0. The van der Waals surface area contributed by atoms with Crippen LogP contribution in [0.3, 0.4) is 0 Å². The molecule has 0 radical (unpaired) electrons. The Bertz CT molecular complexity index is 178. The average Bonchev–Trinajstić information content (AvgIpc) is 2.15. The van der Waals surface area contributed by atoms with E-state index < -0.39 is 11.8 Å². The zero-order valence-corrected chi connectivity index (χ0v) is 7.94. The lowest BCUT2D eigenvalue weighted by molar-refractivity contribution is 0.0993. The maximum absolute atomic E-state index is 13.8. The van der Waals surface area contributed by atoms with Gasteiger partial charge in [-0.2, -0.15) is 0 Å². The molecule has 0 aliphatic heterocycles. The second-order valence-electron chi connectivity index (χ2n) is 3.56. The van der Waals surface area contributed by atoms with Crippen LogP contribution in [0.25, 0.3) is 0 Å². The van der Waals surface area contributed by atoms with Gasteiger partial charge in [0.15, 0.2) is 0 Å². The van der Waals surface area contributed by atoms with E-state index >= 15 is 0 Å². The van der Waals surface area contributed by atoms with Gasteiger partial charge in [0.1, 0.15) is 5.67 Å². The Hall–Kier alpha value is -0.800. The lowest BCUT2D eigenvalue weighted by atomic mass is 9.86. The maximum Gasteiger partial charge on any atom is 0.406 e. The SMILES string of the molecule is COC(=O)NCC1(F)CCCCC1. The number of rotatable bonds is 2. The first-order chi connectivity index (χ1) is 6.16. The molecule has 1 aliphatic rings. The van der Waals surface area contributed by atoms with Crippen LogP contribution in [-0.2, 0) is 4.74 Å². The number of halogens is 1. The Labute approximate surface area is 77.6 Å². The van der Waals surface area contributed by atoms with Gasteiger partial charge in [-0.15, -0.1) is 0 Å². The Kier molecular flexibility index (Phi) is 3.51. The standard InChI is InChI=1S/C9H16FNO2/c1-13-8(12)11-7-9(10)5-3-2-4-6-9/h2-7H2,1H3,(H,11,12). The third kappa shape index (κ3) is 3.20. The lowest BCUT2D eigenvalue weighted by Crippen LogP contribution is -2.40. The number of alkyl carbamates (subject to hydrolysis) is 1. The zero-order chi connectivity index (χ0) is 9.73. The topological polar surface area (TPSA) is 38.3 Å². The molecule has 1 amide bonds. The molecule has 1 fully saturated rings. The molecule has 0 spiro atoms. The van der Waals surface area contributed by atoms with Gasteiger partial charge in [0, 0.05) is 0 Å². The van der Waals surface area contributed by atoms with Crippen molar-refractivity contribution < 1.29 is 13.9 Å². The molecule has 4 heteroatoms. The summed E-state index contributed by atoms with van der Waals surface area (Å²) in [6.45, 7) is 0.0830. The van der Waals surface area contributed by atoms with Gasteiger partial charge in [0.25, 0.3) is 0 Å². The predicted octanol–water partition coefficient (Wildman–Crippen LogP) is 2.01. The molecule has 76 valence electrons. The number of methoxy groups -OCH3 is 1. The molecule has 13 heavy (non-hydrogen) atoms. The van der Waals surface area contributed by atoms with E-state index in [0.29, 0.717) is 12.8 Å². The largest absolute Gasteiger partial charge is 0.453 e. The van der Waals surface area contributed by atoms with Gasteiger partial charge >= 0.3 is 6.09 Å². The smallest absolute Gasteiger partial charge is 0.406 e. The quantitative estimate of drug-likeness (QED) is 0.721. The highest BCUT2D eigenvalue weighted by Gasteiger charge is 2.31. The van der Waals surface area contributed by atoms with Crippen molar-refractivity contribution in [3.63, 3.8) is 0 Å². The molecule has 0 bridgehead atoms. The highest BCUT2D eigenvalue weighted by Crippen LogP contribution is 2.30. The first-order valence-corrected chi connectivity index (χ1v) is 4.67. The summed E-state index contributed by atoms with van der Waals surface area (Å²) in [4.78, 5) is 10.7. The molecular formula is C9H16FNO2. The normalized spacial score (nSPS) is 20.8. The number of hydrogen-bond acceptors (Lipinski definition) is 2. The van der Waals surface area contributed by atoms with Crippen molar-refractivity contribution in [1.29, 1.82) is 0 Å². The van der Waals surface area contributed by atoms with Crippen molar-refractivity contribution in [2.75, 3.05) is 13.7 Å². The molecule has 1 saturated carbocycles. The Morgan fingerprint density at radius 1 is 1.46 bits per heavy atom. The molecule has 1 rings (SSSR count). The summed E-state index contributed by atoms with van der Waals surface area (Å²) in [5, 5.41) is 2.41. The van der Waals surface area contributed by atoms with E-state index in [1.54, 1.807) is 0 Å². The Morgan fingerprint density at radius 3 is 2.62 bits per heavy atom. The molecule has 1 aliphatic carbocycles. The van der Waals surface area contributed by atoms with E-state index in [1.807, 2.05) is 0 Å². The first-order valence-electron chi connectivity index (χ1n) is 4.67. The van der Waals surface area contributed by atoms with Crippen molar-refractivity contribution in [3.05, 3.63) is 0 Å². The number of amides is 1. The molecule has 0 atom stereocenters. The van der Waals surface area contributed by atoms with E-state index in [2.05, 4.69) is 10.1 Å². The number of hydrogen-bond donors (Lipinski definition) is 1. The maximum atomic E-state index is 13.8. The van der Waals surface area contributed by atoms with Crippen LogP contribution in [0.5, 0.6) is 0 Å². The van der Waals surface area contributed by atoms with Crippen molar-refractivity contribution in [1.82, 2.24) is 5.32 Å². The van der Waals surface area contributed by atoms with E-state index in [4.69, 9.17) is 0 Å². The third-order valence-electron chi connectivity index (χ3n) is 2.48. The fraction of sp³-hybridized carbons (Fsp3) is 0.889. The van der Waals surface area contributed by atoms with Crippen LogP contribution in [0.2, 0.25) is 0 Å². The molecule has 3 nitrogen and oxygen atoms in total. The summed E-state index contributed by atoms with van der Waals surface area (Å²) in [6, 6.07) is 0. The van der Waals surface area contributed by atoms with Crippen LogP contribution in [-0.4, -0.2) is 25.4 Å². The second kappa shape index (κ2) is 4.44. The highest BCUT2D eigenvalue weighted by atomic mass is 19.1. The molecule has 0 saturated heterocycles. The van der Waals surface area contributed by atoms with Gasteiger partial charge < -0.3 is 10.1 Å². The summed E-state index contributed by atoms with van der Waals surface area (Å²) in [7, 11) is 1.28. The van der Waals surface area contributed by atoms with Crippen LogP contribution in [0.4, 0.5) is 9.18 Å². The fourth-order valence-corrected chi connectivity index (χ4v) is 1.66. The number of carbonyl (C=O) groups excluding carboxylic acids is 1. The summed E-state index contributed by atoms with van der Waals surface area (Å²) in [5.41, 5.74) is -1.20. The van der Waals surface area contributed by atoms with Crippen molar-refractivity contribution in [3.8, 4) is 0 Å². The van der Waals surface area contributed by atoms with Crippen molar-refractivity contribution in [2.24, 2.45) is 0 Å². The van der Waals surface area contributed by atoms with E-state index in [9.17, 15) is 9.18 Å². The first kappa shape index (κ1) is 10.3. The van der Waals surface area contributed by atoms with Crippen LogP contribution in [0.15, 0.2) is 0 Å². The van der Waals surface area contributed by atoms with Crippen LogP contribution < -0.4 is 5.32 Å². The minimum absolute atomic E-state index is 0.0830. The van der Waals surface area contributed by atoms with E-state index in [1.165, 1.54) is 7.11 Å². The van der Waals surface area contributed by atoms with Crippen molar-refractivity contribution in [2.45, 2.75) is 37.8 Å². The molecule has 1 N–H and O–H groups in total. The number of alkyl halides is 1. The molecule has 0 aromatic carbocycles. The molecule has 0 unspecified atom stereocenters. The monoisotopic (exact) mass is 189 g/mol. The van der Waals surface area contributed by atoms with Crippen LogP contribution >= 0.6 is 0 Å². The van der Waals surface area contributed by atoms with Gasteiger partial charge in [0.05, 0.1) is 13.7 Å². The van der Waals surface area contributed by atoms with Gasteiger partial charge in [-0.05, 0) is 12.8 Å².